The zero-order chi connectivity index (χ0) is 20.5. The zero-order valence-electron chi connectivity index (χ0n) is 16.3. The monoisotopic (exact) mass is 456 g/mol. The van der Waals surface area contributed by atoms with Crippen LogP contribution in [0.2, 0.25) is 0 Å². The SMILES string of the molecule is CC(C)c1cc(C(C)C)c(S(=O)(=O)Oc2cc(Br)c(=O)[nH]n2)c(C(C)C)c1. The second-order valence-electron chi connectivity index (χ2n) is 7.41. The topological polar surface area (TPSA) is 89.1 Å². The minimum Gasteiger partial charge on any atom is -0.357 e. The van der Waals surface area contributed by atoms with Crippen molar-refractivity contribution < 1.29 is 12.6 Å². The summed E-state index contributed by atoms with van der Waals surface area (Å²) >= 11 is 3.05. The fourth-order valence-corrected chi connectivity index (χ4v) is 4.59. The Morgan fingerprint density at radius 1 is 0.963 bits per heavy atom. The number of nitrogens with one attached hydrogen (secondary N) is 1. The summed E-state index contributed by atoms with van der Waals surface area (Å²) in [5, 5.41) is 5.87. The molecule has 0 unspecified atom stereocenters. The molecule has 0 saturated heterocycles. The van der Waals surface area contributed by atoms with Crippen molar-refractivity contribution in [2.75, 3.05) is 0 Å². The Hall–Kier alpha value is -1.67. The molecule has 0 radical (unpaired) electrons. The standard InChI is InChI=1S/C19H25BrN2O4S/c1-10(2)13-7-14(11(3)4)18(15(8-13)12(5)6)27(24,25)26-17-9-16(20)19(23)22-21-17/h7-12H,1-6H3,(H,22,23). The number of hydrogen-bond donors (Lipinski definition) is 1. The van der Waals surface area contributed by atoms with Crippen LogP contribution in [-0.4, -0.2) is 18.6 Å². The van der Waals surface area contributed by atoms with Gasteiger partial charge in [-0.1, -0.05) is 53.7 Å². The molecule has 0 aliphatic carbocycles. The lowest BCUT2D eigenvalue weighted by Gasteiger charge is -2.22. The molecule has 148 valence electrons. The van der Waals surface area contributed by atoms with Crippen LogP contribution in [0.5, 0.6) is 5.88 Å². The predicted molar refractivity (Wildman–Crippen MR) is 109 cm³/mol. The van der Waals surface area contributed by atoms with E-state index >= 15 is 0 Å². The van der Waals surface area contributed by atoms with E-state index in [9.17, 15) is 13.2 Å². The summed E-state index contributed by atoms with van der Waals surface area (Å²) in [6.45, 7) is 12.0. The maximum absolute atomic E-state index is 13.2. The molecule has 0 amide bonds. The molecule has 1 N–H and O–H groups in total. The van der Waals surface area contributed by atoms with E-state index in [2.05, 4.69) is 40.0 Å². The Labute approximate surface area is 168 Å². The Bertz CT molecular complexity index is 966. The van der Waals surface area contributed by atoms with Crippen LogP contribution >= 0.6 is 15.9 Å². The van der Waals surface area contributed by atoms with E-state index in [4.69, 9.17) is 4.18 Å². The molecular formula is C19H25BrN2O4S. The molecule has 8 heteroatoms. The van der Waals surface area contributed by atoms with Gasteiger partial charge in [0, 0.05) is 6.07 Å². The smallest absolute Gasteiger partial charge is 0.341 e. The van der Waals surface area contributed by atoms with Crippen LogP contribution in [0.4, 0.5) is 0 Å². The van der Waals surface area contributed by atoms with Gasteiger partial charge in [0.2, 0.25) is 0 Å². The van der Waals surface area contributed by atoms with Crippen molar-refractivity contribution in [3.05, 3.63) is 49.7 Å². The van der Waals surface area contributed by atoms with E-state index in [1.807, 2.05) is 39.8 Å². The fourth-order valence-electron chi connectivity index (χ4n) is 2.74. The van der Waals surface area contributed by atoms with E-state index < -0.39 is 15.7 Å². The van der Waals surface area contributed by atoms with Gasteiger partial charge in [0.25, 0.3) is 11.4 Å². The van der Waals surface area contributed by atoms with E-state index in [0.717, 1.165) is 5.56 Å². The minimum absolute atomic E-state index is 0.00940. The second kappa shape index (κ2) is 8.14. The molecule has 2 rings (SSSR count). The largest absolute Gasteiger partial charge is 0.357 e. The van der Waals surface area contributed by atoms with Gasteiger partial charge in [-0.25, -0.2) is 5.10 Å². The maximum atomic E-state index is 13.2. The van der Waals surface area contributed by atoms with Crippen LogP contribution in [0, 0.1) is 0 Å². The number of nitrogens with zero attached hydrogens (tertiary/aromatic N) is 1. The van der Waals surface area contributed by atoms with E-state index in [1.54, 1.807) is 0 Å². The minimum atomic E-state index is -4.14. The van der Waals surface area contributed by atoms with Crippen molar-refractivity contribution in [1.82, 2.24) is 10.2 Å². The molecule has 0 spiro atoms. The van der Waals surface area contributed by atoms with Crippen molar-refractivity contribution in [1.29, 1.82) is 0 Å². The molecule has 6 nitrogen and oxygen atoms in total. The normalized spacial score (nSPS) is 12.2. The maximum Gasteiger partial charge on any atom is 0.341 e. The molecule has 1 aromatic heterocycles. The molecule has 0 aliphatic rings. The summed E-state index contributed by atoms with van der Waals surface area (Å²) in [6, 6.07) is 5.12. The summed E-state index contributed by atoms with van der Waals surface area (Å²) in [5.74, 6) is 0.0583. The summed E-state index contributed by atoms with van der Waals surface area (Å²) in [7, 11) is -4.14. The number of aromatic amines is 1. The van der Waals surface area contributed by atoms with Crippen LogP contribution in [0.15, 0.2) is 32.4 Å². The third-order valence-electron chi connectivity index (χ3n) is 4.26. The number of aromatic nitrogens is 2. The van der Waals surface area contributed by atoms with Gasteiger partial charge in [0.1, 0.15) is 4.90 Å². The van der Waals surface area contributed by atoms with Gasteiger partial charge in [-0.2, -0.15) is 8.42 Å². The molecule has 0 saturated carbocycles. The van der Waals surface area contributed by atoms with Gasteiger partial charge in [0.05, 0.1) is 4.47 Å². The predicted octanol–water partition coefficient (Wildman–Crippen LogP) is 4.67. The Balaban J connectivity index is 2.69. The van der Waals surface area contributed by atoms with E-state index in [0.29, 0.717) is 11.1 Å². The molecular weight excluding hydrogens is 432 g/mol. The molecule has 1 heterocycles. The summed E-state index contributed by atoms with van der Waals surface area (Å²) in [6.07, 6.45) is 0. The Kier molecular flexibility index (Phi) is 6.52. The molecule has 27 heavy (non-hydrogen) atoms. The van der Waals surface area contributed by atoms with E-state index in [1.165, 1.54) is 6.07 Å². The molecule has 0 fully saturated rings. The number of rotatable bonds is 6. The molecule has 2 aromatic rings. The van der Waals surface area contributed by atoms with Crippen LogP contribution in [-0.2, 0) is 10.1 Å². The third kappa shape index (κ3) is 4.79. The number of benzene rings is 1. The summed E-state index contributed by atoms with van der Waals surface area (Å²) in [5.41, 5.74) is 2.06. The first-order valence-corrected chi connectivity index (χ1v) is 11.0. The van der Waals surface area contributed by atoms with Crippen LogP contribution in [0.1, 0.15) is 76.0 Å². The lowest BCUT2D eigenvalue weighted by molar-refractivity contribution is 0.467. The summed E-state index contributed by atoms with van der Waals surface area (Å²) < 4.78 is 31.7. The first-order valence-electron chi connectivity index (χ1n) is 8.81. The van der Waals surface area contributed by atoms with Crippen molar-refractivity contribution in [2.24, 2.45) is 0 Å². The highest BCUT2D eigenvalue weighted by Crippen LogP contribution is 2.36. The molecule has 0 aliphatic heterocycles. The number of hydrogen-bond acceptors (Lipinski definition) is 5. The first-order chi connectivity index (χ1) is 12.4. The fraction of sp³-hybridized carbons (Fsp3) is 0.474. The van der Waals surface area contributed by atoms with Crippen molar-refractivity contribution in [3.63, 3.8) is 0 Å². The first kappa shape index (κ1) is 21.6. The van der Waals surface area contributed by atoms with Crippen molar-refractivity contribution in [2.45, 2.75) is 64.2 Å². The van der Waals surface area contributed by atoms with Gasteiger partial charge in [0.15, 0.2) is 0 Å². The number of halogens is 1. The van der Waals surface area contributed by atoms with Gasteiger partial charge >= 0.3 is 10.1 Å². The van der Waals surface area contributed by atoms with Gasteiger partial charge in [-0.15, -0.1) is 5.10 Å². The lowest BCUT2D eigenvalue weighted by Crippen LogP contribution is -2.19. The zero-order valence-corrected chi connectivity index (χ0v) is 18.7. The van der Waals surface area contributed by atoms with Crippen molar-refractivity contribution in [3.8, 4) is 5.88 Å². The average Bonchev–Trinajstić information content (AvgIpc) is 2.56. The summed E-state index contributed by atoms with van der Waals surface area (Å²) in [4.78, 5) is 11.6. The highest BCUT2D eigenvalue weighted by atomic mass is 79.9. The molecule has 0 atom stereocenters. The van der Waals surface area contributed by atoms with Crippen LogP contribution in [0.3, 0.4) is 0 Å². The van der Waals surface area contributed by atoms with Gasteiger partial charge in [-0.3, -0.25) is 4.79 Å². The Morgan fingerprint density at radius 3 is 1.89 bits per heavy atom. The van der Waals surface area contributed by atoms with Crippen LogP contribution in [0.25, 0.3) is 0 Å². The van der Waals surface area contributed by atoms with E-state index in [-0.39, 0.29) is 33.0 Å². The molecule has 1 aromatic carbocycles. The van der Waals surface area contributed by atoms with Gasteiger partial charge in [-0.05, 0) is 50.4 Å². The highest BCUT2D eigenvalue weighted by Gasteiger charge is 2.29. The number of H-pyrrole nitrogens is 1. The highest BCUT2D eigenvalue weighted by molar-refractivity contribution is 9.10. The second-order valence-corrected chi connectivity index (χ2v) is 9.75. The third-order valence-corrected chi connectivity index (χ3v) is 6.21. The van der Waals surface area contributed by atoms with Gasteiger partial charge < -0.3 is 4.18 Å². The van der Waals surface area contributed by atoms with Crippen molar-refractivity contribution >= 4 is 26.0 Å². The Morgan fingerprint density at radius 2 is 1.48 bits per heavy atom. The molecule has 0 bridgehead atoms. The van der Waals surface area contributed by atoms with Crippen LogP contribution < -0.4 is 9.74 Å². The quantitative estimate of drug-likeness (QED) is 0.637. The average molecular weight is 457 g/mol. The lowest BCUT2D eigenvalue weighted by atomic mass is 9.89.